The summed E-state index contributed by atoms with van der Waals surface area (Å²) in [5.41, 5.74) is 9.09. The number of nitrogens with one attached hydrogen (secondary N) is 1. The van der Waals surface area contributed by atoms with Gasteiger partial charge in [-0.3, -0.25) is 9.48 Å². The Bertz CT molecular complexity index is 589. The molecule has 0 bridgehead atoms. The van der Waals surface area contributed by atoms with E-state index < -0.39 is 0 Å². The molecule has 0 fully saturated rings. The molecule has 0 aliphatic heterocycles. The monoisotopic (exact) mass is 258 g/mol. The first-order chi connectivity index (χ1) is 9.06. The molecule has 0 unspecified atom stereocenters. The van der Waals surface area contributed by atoms with Gasteiger partial charge >= 0.3 is 0 Å². The van der Waals surface area contributed by atoms with E-state index in [-0.39, 0.29) is 5.91 Å². The number of carbonyl (C=O) groups excluding carboxylic acids is 1. The molecule has 1 aromatic heterocycles. The van der Waals surface area contributed by atoms with Crippen LogP contribution in [0.15, 0.2) is 30.6 Å². The van der Waals surface area contributed by atoms with E-state index >= 15 is 0 Å². The highest BCUT2D eigenvalue weighted by Crippen LogP contribution is 2.12. The summed E-state index contributed by atoms with van der Waals surface area (Å²) in [6.45, 7) is 2.48. The van der Waals surface area contributed by atoms with Crippen LogP contribution < -0.4 is 11.1 Å². The Morgan fingerprint density at radius 1 is 1.47 bits per heavy atom. The molecule has 0 spiro atoms. The topological polar surface area (TPSA) is 72.9 Å². The molecular formula is C14H18N4O. The Kier molecular flexibility index (Phi) is 3.85. The normalized spacial score (nSPS) is 10.4. The van der Waals surface area contributed by atoms with Gasteiger partial charge in [-0.05, 0) is 42.7 Å². The zero-order valence-electron chi connectivity index (χ0n) is 11.2. The van der Waals surface area contributed by atoms with Gasteiger partial charge in [0, 0.05) is 31.0 Å². The van der Waals surface area contributed by atoms with Crippen LogP contribution in [0, 0.1) is 6.92 Å². The highest BCUT2D eigenvalue weighted by molar-refractivity contribution is 5.94. The molecule has 0 saturated carbocycles. The lowest BCUT2D eigenvalue weighted by molar-refractivity contribution is 0.0954. The summed E-state index contributed by atoms with van der Waals surface area (Å²) in [5.74, 6) is -0.0769. The Labute approximate surface area is 112 Å². The zero-order valence-corrected chi connectivity index (χ0v) is 11.2. The number of hydrogen-bond donors (Lipinski definition) is 2. The van der Waals surface area contributed by atoms with E-state index in [1.54, 1.807) is 29.1 Å². The summed E-state index contributed by atoms with van der Waals surface area (Å²) in [7, 11) is 1.87. The SMILES string of the molecule is Cc1cc(C(=O)NCCc2cnn(C)c2)ccc1N. The Morgan fingerprint density at radius 2 is 2.26 bits per heavy atom. The molecule has 2 rings (SSSR count). The van der Waals surface area contributed by atoms with E-state index in [0.717, 1.165) is 17.5 Å². The van der Waals surface area contributed by atoms with Crippen LogP contribution in [-0.4, -0.2) is 22.2 Å². The van der Waals surface area contributed by atoms with Crippen molar-refractivity contribution in [3.8, 4) is 0 Å². The maximum absolute atomic E-state index is 11.9. The van der Waals surface area contributed by atoms with Gasteiger partial charge in [0.05, 0.1) is 6.20 Å². The number of amides is 1. The predicted molar refractivity (Wildman–Crippen MR) is 74.8 cm³/mol. The van der Waals surface area contributed by atoms with Crippen molar-refractivity contribution in [1.82, 2.24) is 15.1 Å². The lowest BCUT2D eigenvalue weighted by Crippen LogP contribution is -2.25. The first kappa shape index (κ1) is 13.1. The van der Waals surface area contributed by atoms with Crippen molar-refractivity contribution in [2.45, 2.75) is 13.3 Å². The van der Waals surface area contributed by atoms with Crippen LogP contribution in [0.2, 0.25) is 0 Å². The van der Waals surface area contributed by atoms with Crippen LogP contribution in [0.5, 0.6) is 0 Å². The molecule has 1 aromatic carbocycles. The minimum absolute atomic E-state index is 0.0769. The maximum atomic E-state index is 11.9. The first-order valence-corrected chi connectivity index (χ1v) is 6.18. The standard InChI is InChI=1S/C14H18N4O/c1-10-7-12(3-4-13(10)15)14(19)16-6-5-11-8-17-18(2)9-11/h3-4,7-9H,5-6,15H2,1-2H3,(H,16,19). The molecule has 2 aromatic rings. The summed E-state index contributed by atoms with van der Waals surface area (Å²) in [6, 6.07) is 5.29. The summed E-state index contributed by atoms with van der Waals surface area (Å²) in [6.07, 6.45) is 4.52. The third-order valence-electron chi connectivity index (χ3n) is 2.99. The van der Waals surface area contributed by atoms with Crippen molar-refractivity contribution in [1.29, 1.82) is 0 Å². The molecule has 0 aliphatic carbocycles. The van der Waals surface area contributed by atoms with E-state index in [1.165, 1.54) is 0 Å². The molecule has 0 radical (unpaired) electrons. The fourth-order valence-corrected chi connectivity index (χ4v) is 1.84. The molecule has 3 N–H and O–H groups in total. The summed E-state index contributed by atoms with van der Waals surface area (Å²) >= 11 is 0. The van der Waals surface area contributed by atoms with Crippen LogP contribution in [0.3, 0.4) is 0 Å². The van der Waals surface area contributed by atoms with Gasteiger partial charge in [-0.2, -0.15) is 5.10 Å². The van der Waals surface area contributed by atoms with Crippen molar-refractivity contribution >= 4 is 11.6 Å². The van der Waals surface area contributed by atoms with Gasteiger partial charge in [-0.1, -0.05) is 0 Å². The van der Waals surface area contributed by atoms with Crippen LogP contribution in [0.1, 0.15) is 21.5 Å². The van der Waals surface area contributed by atoms with Crippen LogP contribution in [-0.2, 0) is 13.5 Å². The molecule has 0 saturated heterocycles. The molecular weight excluding hydrogens is 240 g/mol. The predicted octanol–water partition coefficient (Wildman–Crippen LogP) is 1.28. The second-order valence-corrected chi connectivity index (χ2v) is 4.60. The number of rotatable bonds is 4. The maximum Gasteiger partial charge on any atom is 0.251 e. The average Bonchev–Trinajstić information content (AvgIpc) is 2.78. The Morgan fingerprint density at radius 3 is 2.89 bits per heavy atom. The van der Waals surface area contributed by atoms with Gasteiger partial charge in [-0.15, -0.1) is 0 Å². The van der Waals surface area contributed by atoms with Gasteiger partial charge in [-0.25, -0.2) is 0 Å². The summed E-state index contributed by atoms with van der Waals surface area (Å²) in [5, 5.41) is 6.97. The van der Waals surface area contributed by atoms with Gasteiger partial charge in [0.2, 0.25) is 0 Å². The molecule has 1 amide bonds. The fourth-order valence-electron chi connectivity index (χ4n) is 1.84. The number of aromatic nitrogens is 2. The molecule has 5 nitrogen and oxygen atoms in total. The number of benzene rings is 1. The van der Waals surface area contributed by atoms with Crippen LogP contribution in [0.4, 0.5) is 5.69 Å². The minimum Gasteiger partial charge on any atom is -0.399 e. The molecule has 100 valence electrons. The third-order valence-corrected chi connectivity index (χ3v) is 2.99. The number of aryl methyl sites for hydroxylation is 2. The van der Waals surface area contributed by atoms with Crippen molar-refractivity contribution in [3.63, 3.8) is 0 Å². The third kappa shape index (κ3) is 3.34. The molecule has 1 heterocycles. The molecule has 5 heteroatoms. The van der Waals surface area contributed by atoms with Crippen LogP contribution in [0.25, 0.3) is 0 Å². The second kappa shape index (κ2) is 5.56. The van der Waals surface area contributed by atoms with E-state index in [1.807, 2.05) is 20.2 Å². The van der Waals surface area contributed by atoms with E-state index in [2.05, 4.69) is 10.4 Å². The van der Waals surface area contributed by atoms with Gasteiger partial charge in [0.15, 0.2) is 0 Å². The van der Waals surface area contributed by atoms with E-state index in [0.29, 0.717) is 17.8 Å². The highest BCUT2D eigenvalue weighted by Gasteiger charge is 2.06. The number of nitrogens with two attached hydrogens (primary N) is 1. The van der Waals surface area contributed by atoms with E-state index in [4.69, 9.17) is 5.73 Å². The van der Waals surface area contributed by atoms with E-state index in [9.17, 15) is 4.79 Å². The highest BCUT2D eigenvalue weighted by atomic mass is 16.1. The van der Waals surface area contributed by atoms with Crippen molar-refractivity contribution in [2.24, 2.45) is 7.05 Å². The zero-order chi connectivity index (χ0) is 13.8. The molecule has 0 atom stereocenters. The Hall–Kier alpha value is -2.30. The largest absolute Gasteiger partial charge is 0.399 e. The smallest absolute Gasteiger partial charge is 0.251 e. The van der Waals surface area contributed by atoms with Gasteiger partial charge in [0.1, 0.15) is 0 Å². The number of anilines is 1. The second-order valence-electron chi connectivity index (χ2n) is 4.60. The number of nitrogens with zero attached hydrogens (tertiary/aromatic N) is 2. The van der Waals surface area contributed by atoms with Gasteiger partial charge in [0.25, 0.3) is 5.91 Å². The average molecular weight is 258 g/mol. The summed E-state index contributed by atoms with van der Waals surface area (Å²) in [4.78, 5) is 11.9. The minimum atomic E-state index is -0.0769. The van der Waals surface area contributed by atoms with Crippen molar-refractivity contribution < 1.29 is 4.79 Å². The number of carbonyl (C=O) groups is 1. The Balaban J connectivity index is 1.89. The number of hydrogen-bond acceptors (Lipinski definition) is 3. The number of nitrogen functional groups attached to an aromatic ring is 1. The molecule has 19 heavy (non-hydrogen) atoms. The fraction of sp³-hybridized carbons (Fsp3) is 0.286. The van der Waals surface area contributed by atoms with Gasteiger partial charge < -0.3 is 11.1 Å². The lowest BCUT2D eigenvalue weighted by Gasteiger charge is -2.06. The molecule has 0 aliphatic rings. The van der Waals surface area contributed by atoms with Crippen molar-refractivity contribution in [2.75, 3.05) is 12.3 Å². The lowest BCUT2D eigenvalue weighted by atomic mass is 10.1. The summed E-state index contributed by atoms with van der Waals surface area (Å²) < 4.78 is 1.75. The van der Waals surface area contributed by atoms with Crippen molar-refractivity contribution in [3.05, 3.63) is 47.3 Å². The van der Waals surface area contributed by atoms with Crippen LogP contribution >= 0.6 is 0 Å². The first-order valence-electron chi connectivity index (χ1n) is 6.18. The quantitative estimate of drug-likeness (QED) is 0.811.